The number of nitrogens with zero attached hydrogens (tertiary/aromatic N) is 1. The molecule has 1 heterocycles. The third kappa shape index (κ3) is 1.46. The highest BCUT2D eigenvalue weighted by molar-refractivity contribution is 4.61. The van der Waals surface area contributed by atoms with E-state index in [4.69, 9.17) is 0 Å². The number of hydrogen-bond donors (Lipinski definition) is 1. The molecule has 1 rings (SSSR count). The van der Waals surface area contributed by atoms with Gasteiger partial charge in [0.25, 0.3) is 0 Å². The summed E-state index contributed by atoms with van der Waals surface area (Å²) in [5, 5.41) is 2.23. The van der Waals surface area contributed by atoms with Gasteiger partial charge in [0, 0.05) is 19.6 Å². The molecule has 1 radical (unpaired) electrons. The van der Waals surface area contributed by atoms with Crippen molar-refractivity contribution in [3.05, 3.63) is 6.92 Å². The van der Waals surface area contributed by atoms with Crippen molar-refractivity contribution in [1.82, 2.24) is 10.4 Å². The third-order valence-electron chi connectivity index (χ3n) is 1.44. The van der Waals surface area contributed by atoms with E-state index in [0.29, 0.717) is 0 Å². The number of rotatable bonds is 2. The van der Waals surface area contributed by atoms with Gasteiger partial charge in [0.05, 0.1) is 0 Å². The molecule has 1 saturated heterocycles. The van der Waals surface area contributed by atoms with Gasteiger partial charge < -0.3 is 0 Å². The predicted molar refractivity (Wildman–Crippen MR) is 34.2 cm³/mol. The van der Waals surface area contributed by atoms with E-state index in [2.05, 4.69) is 17.4 Å². The highest BCUT2D eigenvalue weighted by Crippen LogP contribution is 2.02. The zero-order valence-corrected chi connectivity index (χ0v) is 5.19. The number of hydrazine groups is 1. The van der Waals surface area contributed by atoms with Crippen LogP contribution < -0.4 is 5.43 Å². The lowest BCUT2D eigenvalue weighted by Crippen LogP contribution is -2.34. The van der Waals surface area contributed by atoms with Crippen LogP contribution in [-0.4, -0.2) is 24.6 Å². The van der Waals surface area contributed by atoms with E-state index in [0.717, 1.165) is 6.54 Å². The predicted octanol–water partition coefficient (Wildman–Crippen LogP) is 0.421. The van der Waals surface area contributed by atoms with Crippen LogP contribution in [0.2, 0.25) is 0 Å². The fraction of sp³-hybridized carbons (Fsp3) is 0.833. The minimum Gasteiger partial charge on any atom is -0.255 e. The molecule has 0 aliphatic carbocycles. The Bertz CT molecular complexity index is 57.5. The van der Waals surface area contributed by atoms with Gasteiger partial charge in [-0.15, -0.1) is 0 Å². The molecule has 2 nitrogen and oxygen atoms in total. The van der Waals surface area contributed by atoms with Gasteiger partial charge in [-0.2, -0.15) is 0 Å². The lowest BCUT2D eigenvalue weighted by Gasteiger charge is -2.13. The first-order chi connectivity index (χ1) is 3.93. The van der Waals surface area contributed by atoms with Gasteiger partial charge in [-0.25, -0.2) is 5.01 Å². The van der Waals surface area contributed by atoms with Crippen LogP contribution in [0.5, 0.6) is 0 Å². The summed E-state index contributed by atoms with van der Waals surface area (Å²) < 4.78 is 0. The van der Waals surface area contributed by atoms with Crippen LogP contribution in [0.1, 0.15) is 12.8 Å². The Morgan fingerprint density at radius 3 is 2.50 bits per heavy atom. The molecule has 1 fully saturated rings. The van der Waals surface area contributed by atoms with Crippen molar-refractivity contribution in [1.29, 1.82) is 0 Å². The van der Waals surface area contributed by atoms with E-state index >= 15 is 0 Å². The second kappa shape index (κ2) is 3.05. The second-order valence-corrected chi connectivity index (χ2v) is 2.10. The van der Waals surface area contributed by atoms with E-state index in [-0.39, 0.29) is 0 Å². The van der Waals surface area contributed by atoms with Gasteiger partial charge in [-0.05, 0) is 19.8 Å². The molecule has 0 bridgehead atoms. The summed E-state index contributed by atoms with van der Waals surface area (Å²) in [6, 6.07) is 0. The maximum atomic E-state index is 3.70. The quantitative estimate of drug-likeness (QED) is 0.558. The molecule has 0 atom stereocenters. The molecule has 0 aromatic rings. The third-order valence-corrected chi connectivity index (χ3v) is 1.44. The first kappa shape index (κ1) is 6.05. The fourth-order valence-corrected chi connectivity index (χ4v) is 1.03. The first-order valence-electron chi connectivity index (χ1n) is 3.21. The van der Waals surface area contributed by atoms with Crippen LogP contribution in [0.3, 0.4) is 0 Å². The lowest BCUT2D eigenvalue weighted by molar-refractivity contribution is 0.248. The van der Waals surface area contributed by atoms with Gasteiger partial charge >= 0.3 is 0 Å². The van der Waals surface area contributed by atoms with Crippen molar-refractivity contribution in [2.45, 2.75) is 12.8 Å². The minimum atomic E-state index is 0.819. The zero-order chi connectivity index (χ0) is 5.82. The van der Waals surface area contributed by atoms with E-state index in [9.17, 15) is 0 Å². The average molecular weight is 113 g/mol. The van der Waals surface area contributed by atoms with Crippen molar-refractivity contribution in [3.63, 3.8) is 0 Å². The smallest absolute Gasteiger partial charge is 0.0131 e. The van der Waals surface area contributed by atoms with Crippen molar-refractivity contribution in [2.24, 2.45) is 0 Å². The molecule has 47 valence electrons. The molecular weight excluding hydrogens is 100 g/mol. The van der Waals surface area contributed by atoms with Gasteiger partial charge in [0.1, 0.15) is 0 Å². The first-order valence-corrected chi connectivity index (χ1v) is 3.21. The van der Waals surface area contributed by atoms with Crippen LogP contribution in [0.15, 0.2) is 0 Å². The molecule has 1 aliphatic heterocycles. The number of nitrogens with one attached hydrogen (secondary N) is 1. The molecule has 0 aromatic heterocycles. The molecule has 0 amide bonds. The van der Waals surface area contributed by atoms with Crippen molar-refractivity contribution >= 4 is 0 Å². The molecule has 1 aliphatic rings. The molecular formula is C6H13N2. The SMILES string of the molecule is [CH2]CNN1CCCC1. The summed E-state index contributed by atoms with van der Waals surface area (Å²) in [5.74, 6) is 0. The summed E-state index contributed by atoms with van der Waals surface area (Å²) in [4.78, 5) is 0. The Morgan fingerprint density at radius 2 is 2.00 bits per heavy atom. The Kier molecular flexibility index (Phi) is 2.30. The summed E-state index contributed by atoms with van der Waals surface area (Å²) in [7, 11) is 0. The van der Waals surface area contributed by atoms with Crippen LogP contribution in [0.4, 0.5) is 0 Å². The monoisotopic (exact) mass is 113 g/mol. The van der Waals surface area contributed by atoms with Gasteiger partial charge in [0.2, 0.25) is 0 Å². The van der Waals surface area contributed by atoms with Crippen molar-refractivity contribution < 1.29 is 0 Å². The Hall–Kier alpha value is -0.0800. The molecule has 0 saturated carbocycles. The molecule has 2 heteroatoms. The maximum absolute atomic E-state index is 3.70. The van der Waals surface area contributed by atoms with Gasteiger partial charge in [-0.3, -0.25) is 5.43 Å². The van der Waals surface area contributed by atoms with E-state index < -0.39 is 0 Å². The largest absolute Gasteiger partial charge is 0.255 e. The van der Waals surface area contributed by atoms with E-state index in [1.54, 1.807) is 0 Å². The Labute approximate surface area is 50.8 Å². The van der Waals surface area contributed by atoms with Gasteiger partial charge in [0.15, 0.2) is 0 Å². The Balaban J connectivity index is 2.06. The summed E-state index contributed by atoms with van der Waals surface area (Å²) in [5.41, 5.74) is 3.17. The second-order valence-electron chi connectivity index (χ2n) is 2.10. The van der Waals surface area contributed by atoms with Crippen molar-refractivity contribution in [2.75, 3.05) is 19.6 Å². The summed E-state index contributed by atoms with van der Waals surface area (Å²) in [6.45, 7) is 6.92. The summed E-state index contributed by atoms with van der Waals surface area (Å²) >= 11 is 0. The standard InChI is InChI=1S/C6H13N2/c1-2-7-8-5-3-4-6-8/h7H,1-6H2. The minimum absolute atomic E-state index is 0.819. The molecule has 8 heavy (non-hydrogen) atoms. The molecule has 0 unspecified atom stereocenters. The van der Waals surface area contributed by atoms with Crippen LogP contribution in [0, 0.1) is 6.92 Å². The van der Waals surface area contributed by atoms with Crippen LogP contribution >= 0.6 is 0 Å². The average Bonchev–Trinajstić information content (AvgIpc) is 2.19. The van der Waals surface area contributed by atoms with E-state index in [1.807, 2.05) is 0 Å². The highest BCUT2D eigenvalue weighted by Gasteiger charge is 2.08. The summed E-state index contributed by atoms with van der Waals surface area (Å²) in [6.07, 6.45) is 2.68. The van der Waals surface area contributed by atoms with Crippen LogP contribution in [-0.2, 0) is 0 Å². The van der Waals surface area contributed by atoms with E-state index in [1.165, 1.54) is 25.9 Å². The lowest BCUT2D eigenvalue weighted by atomic mass is 10.4. The Morgan fingerprint density at radius 1 is 1.38 bits per heavy atom. The highest BCUT2D eigenvalue weighted by atomic mass is 15.5. The number of hydrogen-bond acceptors (Lipinski definition) is 2. The van der Waals surface area contributed by atoms with Gasteiger partial charge in [-0.1, -0.05) is 0 Å². The van der Waals surface area contributed by atoms with Crippen molar-refractivity contribution in [3.8, 4) is 0 Å². The van der Waals surface area contributed by atoms with Crippen LogP contribution in [0.25, 0.3) is 0 Å². The fourth-order valence-electron chi connectivity index (χ4n) is 1.03. The zero-order valence-electron chi connectivity index (χ0n) is 5.19. The molecule has 0 aromatic carbocycles. The molecule has 1 N–H and O–H groups in total. The topological polar surface area (TPSA) is 15.3 Å². The normalized spacial score (nSPS) is 22.1. The maximum Gasteiger partial charge on any atom is 0.0131 e. The molecule has 0 spiro atoms.